The SMILES string of the molecule is COC(CNC(=O)CC(C)c1ccc(N)cc1)CC(=O)O. The van der Waals surface area contributed by atoms with Crippen molar-refractivity contribution in [2.45, 2.75) is 31.8 Å². The fourth-order valence-corrected chi connectivity index (χ4v) is 1.95. The van der Waals surface area contributed by atoms with Gasteiger partial charge >= 0.3 is 5.97 Å². The molecule has 2 atom stereocenters. The Kier molecular flexibility index (Phi) is 6.68. The number of carboxylic acid groups (broad SMARTS) is 1. The Morgan fingerprint density at radius 2 is 1.90 bits per heavy atom. The van der Waals surface area contributed by atoms with Crippen molar-refractivity contribution in [3.05, 3.63) is 29.8 Å². The number of carbonyl (C=O) groups excluding carboxylic acids is 1. The average molecular weight is 294 g/mol. The topological polar surface area (TPSA) is 102 Å². The lowest BCUT2D eigenvalue weighted by atomic mass is 9.97. The average Bonchev–Trinajstić information content (AvgIpc) is 2.43. The van der Waals surface area contributed by atoms with Gasteiger partial charge in [0.05, 0.1) is 12.5 Å². The van der Waals surface area contributed by atoms with Crippen LogP contribution in [0.2, 0.25) is 0 Å². The first-order chi connectivity index (χ1) is 9.92. The van der Waals surface area contributed by atoms with Crippen LogP contribution in [0, 0.1) is 0 Å². The van der Waals surface area contributed by atoms with Crippen molar-refractivity contribution < 1.29 is 19.4 Å². The molecule has 0 fully saturated rings. The Balaban J connectivity index is 2.42. The minimum absolute atomic E-state index is 0.0612. The number of nitrogens with one attached hydrogen (secondary N) is 1. The number of nitrogen functional groups attached to an aromatic ring is 1. The van der Waals surface area contributed by atoms with Crippen molar-refractivity contribution in [2.24, 2.45) is 0 Å². The number of benzene rings is 1. The molecular weight excluding hydrogens is 272 g/mol. The summed E-state index contributed by atoms with van der Waals surface area (Å²) in [7, 11) is 1.43. The van der Waals surface area contributed by atoms with E-state index in [-0.39, 0.29) is 24.8 Å². The zero-order valence-corrected chi connectivity index (χ0v) is 12.3. The summed E-state index contributed by atoms with van der Waals surface area (Å²) < 4.78 is 5.00. The molecule has 1 rings (SSSR count). The van der Waals surface area contributed by atoms with E-state index in [4.69, 9.17) is 15.6 Å². The van der Waals surface area contributed by atoms with Gasteiger partial charge in [0.15, 0.2) is 0 Å². The molecule has 0 spiro atoms. The van der Waals surface area contributed by atoms with Crippen molar-refractivity contribution in [3.8, 4) is 0 Å². The van der Waals surface area contributed by atoms with E-state index in [0.29, 0.717) is 12.1 Å². The number of aliphatic carboxylic acids is 1. The van der Waals surface area contributed by atoms with E-state index in [2.05, 4.69) is 5.32 Å². The fourth-order valence-electron chi connectivity index (χ4n) is 1.95. The molecule has 0 saturated carbocycles. The van der Waals surface area contributed by atoms with Crippen molar-refractivity contribution in [1.29, 1.82) is 0 Å². The van der Waals surface area contributed by atoms with Gasteiger partial charge in [-0.2, -0.15) is 0 Å². The normalized spacial score (nSPS) is 13.4. The van der Waals surface area contributed by atoms with Gasteiger partial charge in [0.2, 0.25) is 5.91 Å². The molecule has 0 bridgehead atoms. The highest BCUT2D eigenvalue weighted by Crippen LogP contribution is 2.19. The number of methoxy groups -OCH3 is 1. The van der Waals surface area contributed by atoms with Crippen LogP contribution in [-0.4, -0.2) is 36.7 Å². The smallest absolute Gasteiger partial charge is 0.306 e. The summed E-state index contributed by atoms with van der Waals surface area (Å²) in [5, 5.41) is 11.4. The summed E-state index contributed by atoms with van der Waals surface area (Å²) >= 11 is 0. The van der Waals surface area contributed by atoms with Crippen molar-refractivity contribution in [1.82, 2.24) is 5.32 Å². The standard InChI is InChI=1S/C15H22N2O4/c1-10(11-3-5-12(16)6-4-11)7-14(18)17-9-13(21-2)8-15(19)20/h3-6,10,13H,7-9,16H2,1-2H3,(H,17,18)(H,19,20). The lowest BCUT2D eigenvalue weighted by molar-refractivity contribution is -0.140. The molecule has 1 aromatic rings. The first-order valence-corrected chi connectivity index (χ1v) is 6.79. The lowest BCUT2D eigenvalue weighted by Crippen LogP contribution is -2.34. The molecule has 21 heavy (non-hydrogen) atoms. The maximum absolute atomic E-state index is 11.9. The fraction of sp³-hybridized carbons (Fsp3) is 0.467. The molecule has 0 aromatic heterocycles. The first-order valence-electron chi connectivity index (χ1n) is 6.79. The molecule has 2 unspecified atom stereocenters. The third kappa shape index (κ3) is 6.27. The van der Waals surface area contributed by atoms with E-state index < -0.39 is 12.1 Å². The predicted octanol–water partition coefficient (Wildman–Crippen LogP) is 1.37. The number of nitrogens with two attached hydrogens (primary N) is 1. The maximum atomic E-state index is 11.9. The second kappa shape index (κ2) is 8.26. The third-order valence-electron chi connectivity index (χ3n) is 3.26. The molecule has 1 aromatic carbocycles. The van der Waals surface area contributed by atoms with E-state index in [1.807, 2.05) is 19.1 Å². The minimum Gasteiger partial charge on any atom is -0.481 e. The Hall–Kier alpha value is -2.08. The van der Waals surface area contributed by atoms with Crippen LogP contribution in [0.15, 0.2) is 24.3 Å². The lowest BCUT2D eigenvalue weighted by Gasteiger charge is -2.16. The van der Waals surface area contributed by atoms with E-state index in [0.717, 1.165) is 5.56 Å². The summed E-state index contributed by atoms with van der Waals surface area (Å²) in [6.45, 7) is 2.15. The van der Waals surface area contributed by atoms with Gasteiger partial charge < -0.3 is 20.9 Å². The molecule has 0 aliphatic heterocycles. The van der Waals surface area contributed by atoms with Crippen LogP contribution >= 0.6 is 0 Å². The van der Waals surface area contributed by atoms with E-state index in [9.17, 15) is 9.59 Å². The van der Waals surface area contributed by atoms with Crippen LogP contribution in [0.25, 0.3) is 0 Å². The Morgan fingerprint density at radius 3 is 2.43 bits per heavy atom. The Bertz CT molecular complexity index is 473. The van der Waals surface area contributed by atoms with Crippen molar-refractivity contribution >= 4 is 17.6 Å². The van der Waals surface area contributed by atoms with Crippen LogP contribution < -0.4 is 11.1 Å². The van der Waals surface area contributed by atoms with Crippen LogP contribution in [0.4, 0.5) is 5.69 Å². The number of rotatable bonds is 8. The molecular formula is C15H22N2O4. The van der Waals surface area contributed by atoms with Crippen LogP contribution in [0.3, 0.4) is 0 Å². The van der Waals surface area contributed by atoms with E-state index >= 15 is 0 Å². The van der Waals surface area contributed by atoms with Gasteiger partial charge in [-0.1, -0.05) is 19.1 Å². The molecule has 0 heterocycles. The van der Waals surface area contributed by atoms with Gasteiger partial charge in [-0.3, -0.25) is 9.59 Å². The molecule has 6 heteroatoms. The Labute approximate surface area is 124 Å². The summed E-state index contributed by atoms with van der Waals surface area (Å²) in [4.78, 5) is 22.5. The molecule has 0 aliphatic rings. The summed E-state index contributed by atoms with van der Waals surface area (Å²) in [6, 6.07) is 7.40. The molecule has 6 nitrogen and oxygen atoms in total. The molecule has 0 aliphatic carbocycles. The molecule has 1 amide bonds. The number of hydrogen-bond donors (Lipinski definition) is 3. The number of ether oxygens (including phenoxy) is 1. The van der Waals surface area contributed by atoms with Gasteiger partial charge in [0, 0.05) is 25.8 Å². The van der Waals surface area contributed by atoms with E-state index in [1.54, 1.807) is 12.1 Å². The summed E-state index contributed by atoms with van der Waals surface area (Å²) in [6.07, 6.45) is -0.323. The van der Waals surface area contributed by atoms with Crippen LogP contribution in [0.1, 0.15) is 31.2 Å². The van der Waals surface area contributed by atoms with Crippen molar-refractivity contribution in [2.75, 3.05) is 19.4 Å². The predicted molar refractivity (Wildman–Crippen MR) is 79.9 cm³/mol. The minimum atomic E-state index is -0.952. The summed E-state index contributed by atoms with van der Waals surface area (Å²) in [5.41, 5.74) is 7.35. The van der Waals surface area contributed by atoms with Crippen LogP contribution in [-0.2, 0) is 14.3 Å². The van der Waals surface area contributed by atoms with E-state index in [1.165, 1.54) is 7.11 Å². The second-order valence-corrected chi connectivity index (χ2v) is 5.03. The maximum Gasteiger partial charge on any atom is 0.306 e. The highest BCUT2D eigenvalue weighted by molar-refractivity contribution is 5.77. The number of anilines is 1. The zero-order chi connectivity index (χ0) is 15.8. The second-order valence-electron chi connectivity index (χ2n) is 5.03. The van der Waals surface area contributed by atoms with Gasteiger partial charge in [0.25, 0.3) is 0 Å². The Morgan fingerprint density at radius 1 is 1.29 bits per heavy atom. The zero-order valence-electron chi connectivity index (χ0n) is 12.3. The third-order valence-corrected chi connectivity index (χ3v) is 3.26. The van der Waals surface area contributed by atoms with Gasteiger partial charge in [-0.25, -0.2) is 0 Å². The monoisotopic (exact) mass is 294 g/mol. The summed E-state index contributed by atoms with van der Waals surface area (Å²) in [5.74, 6) is -1.02. The molecule has 0 radical (unpaired) electrons. The first kappa shape index (κ1) is 17.0. The number of carboxylic acids is 1. The number of hydrogen-bond acceptors (Lipinski definition) is 4. The molecule has 4 N–H and O–H groups in total. The number of amides is 1. The van der Waals surface area contributed by atoms with Crippen molar-refractivity contribution in [3.63, 3.8) is 0 Å². The van der Waals surface area contributed by atoms with Gasteiger partial charge in [-0.05, 0) is 23.6 Å². The van der Waals surface area contributed by atoms with Gasteiger partial charge in [-0.15, -0.1) is 0 Å². The van der Waals surface area contributed by atoms with Gasteiger partial charge in [0.1, 0.15) is 0 Å². The quantitative estimate of drug-likeness (QED) is 0.628. The van der Waals surface area contributed by atoms with Crippen LogP contribution in [0.5, 0.6) is 0 Å². The largest absolute Gasteiger partial charge is 0.481 e. The molecule has 116 valence electrons. The number of carbonyl (C=O) groups is 2. The highest BCUT2D eigenvalue weighted by Gasteiger charge is 2.15. The highest BCUT2D eigenvalue weighted by atomic mass is 16.5. The molecule has 0 saturated heterocycles.